The van der Waals surface area contributed by atoms with Crippen LogP contribution in [0.25, 0.3) is 0 Å². The van der Waals surface area contributed by atoms with Crippen molar-refractivity contribution in [2.24, 2.45) is 0 Å². The molecule has 0 bridgehead atoms. The zero-order valence-corrected chi connectivity index (χ0v) is 8.72. The largest absolute Gasteiger partial charge is 0.478 e. The van der Waals surface area contributed by atoms with Gasteiger partial charge in [-0.2, -0.15) is 13.2 Å². The molecule has 16 heavy (non-hydrogen) atoms. The molecule has 0 aliphatic carbocycles. The molecule has 1 aromatic heterocycles. The highest BCUT2D eigenvalue weighted by atomic mass is 19.4. The minimum atomic E-state index is -4.62. The lowest BCUT2D eigenvalue weighted by atomic mass is 10.0. The topological polar surface area (TPSA) is 50.2 Å². The molecule has 0 amide bonds. The quantitative estimate of drug-likeness (QED) is 0.854. The van der Waals surface area contributed by atoms with E-state index in [1.54, 1.807) is 6.92 Å². The van der Waals surface area contributed by atoms with E-state index in [9.17, 15) is 18.0 Å². The van der Waals surface area contributed by atoms with Crippen molar-refractivity contribution in [1.82, 2.24) is 4.98 Å². The van der Waals surface area contributed by atoms with Gasteiger partial charge in [-0.25, -0.2) is 9.78 Å². The molecule has 0 aliphatic heterocycles. The minimum Gasteiger partial charge on any atom is -0.478 e. The van der Waals surface area contributed by atoms with E-state index >= 15 is 0 Å². The summed E-state index contributed by atoms with van der Waals surface area (Å²) in [6, 6.07) is 0.566. The maximum Gasteiger partial charge on any atom is 0.433 e. The van der Waals surface area contributed by atoms with Gasteiger partial charge >= 0.3 is 12.1 Å². The molecule has 0 atom stereocenters. The van der Waals surface area contributed by atoms with Crippen LogP contribution >= 0.6 is 0 Å². The number of rotatable bonds is 2. The van der Waals surface area contributed by atoms with Crippen molar-refractivity contribution in [3.05, 3.63) is 28.6 Å². The van der Waals surface area contributed by atoms with E-state index in [0.717, 1.165) is 0 Å². The molecule has 0 saturated carbocycles. The molecule has 0 aromatic carbocycles. The third-order valence-corrected chi connectivity index (χ3v) is 2.23. The van der Waals surface area contributed by atoms with E-state index in [-0.39, 0.29) is 23.2 Å². The lowest BCUT2D eigenvalue weighted by Crippen LogP contribution is -2.14. The molecule has 1 rings (SSSR count). The Morgan fingerprint density at radius 3 is 2.44 bits per heavy atom. The van der Waals surface area contributed by atoms with Crippen LogP contribution in [-0.4, -0.2) is 16.1 Å². The van der Waals surface area contributed by atoms with Gasteiger partial charge in [-0.3, -0.25) is 0 Å². The van der Waals surface area contributed by atoms with E-state index in [1.807, 2.05) is 0 Å². The Hall–Kier alpha value is -1.59. The number of aryl methyl sites for hydroxylation is 1. The average molecular weight is 233 g/mol. The molecular formula is C10H10F3NO2. The number of pyridine rings is 1. The molecule has 0 unspecified atom stereocenters. The monoisotopic (exact) mass is 233 g/mol. The molecule has 0 radical (unpaired) electrons. The van der Waals surface area contributed by atoms with Crippen LogP contribution in [0, 0.1) is 6.92 Å². The van der Waals surface area contributed by atoms with Gasteiger partial charge in [0.1, 0.15) is 5.69 Å². The number of nitrogens with zero attached hydrogens (tertiary/aromatic N) is 1. The van der Waals surface area contributed by atoms with Gasteiger partial charge in [0.25, 0.3) is 0 Å². The first-order valence-electron chi connectivity index (χ1n) is 4.58. The summed E-state index contributed by atoms with van der Waals surface area (Å²) in [5.41, 5.74) is -1.07. The van der Waals surface area contributed by atoms with Crippen LogP contribution in [0.3, 0.4) is 0 Å². The summed E-state index contributed by atoms with van der Waals surface area (Å²) < 4.78 is 37.3. The Balaban J connectivity index is 3.46. The molecule has 0 saturated heterocycles. The standard InChI is InChI=1S/C10H10F3NO2/c1-3-7-5(2)6(9(15)16)4-8(14-7)10(11,12)13/h4H,3H2,1-2H3,(H,15,16). The predicted octanol–water partition coefficient (Wildman–Crippen LogP) is 2.67. The van der Waals surface area contributed by atoms with Crippen molar-refractivity contribution in [1.29, 1.82) is 0 Å². The van der Waals surface area contributed by atoms with E-state index < -0.39 is 17.8 Å². The van der Waals surface area contributed by atoms with E-state index in [0.29, 0.717) is 6.07 Å². The SMILES string of the molecule is CCc1nc(C(F)(F)F)cc(C(=O)O)c1C. The van der Waals surface area contributed by atoms with Crippen LogP contribution in [0.1, 0.15) is 34.2 Å². The number of carboxylic acids is 1. The number of carbonyl (C=O) groups is 1. The number of carboxylic acid groups (broad SMARTS) is 1. The van der Waals surface area contributed by atoms with Crippen molar-refractivity contribution in [2.75, 3.05) is 0 Å². The van der Waals surface area contributed by atoms with E-state index in [1.165, 1.54) is 6.92 Å². The fourth-order valence-electron chi connectivity index (χ4n) is 1.37. The van der Waals surface area contributed by atoms with Crippen LogP contribution in [0.15, 0.2) is 6.07 Å². The maximum atomic E-state index is 12.4. The molecule has 88 valence electrons. The van der Waals surface area contributed by atoms with Gasteiger partial charge in [0.2, 0.25) is 0 Å². The Morgan fingerprint density at radius 2 is 2.06 bits per heavy atom. The van der Waals surface area contributed by atoms with Crippen molar-refractivity contribution < 1.29 is 23.1 Å². The van der Waals surface area contributed by atoms with Gasteiger partial charge in [-0.05, 0) is 25.0 Å². The van der Waals surface area contributed by atoms with Crippen molar-refractivity contribution in [2.45, 2.75) is 26.4 Å². The molecule has 3 nitrogen and oxygen atoms in total. The fourth-order valence-corrected chi connectivity index (χ4v) is 1.37. The van der Waals surface area contributed by atoms with E-state index in [2.05, 4.69) is 4.98 Å². The second-order valence-corrected chi connectivity index (χ2v) is 3.28. The van der Waals surface area contributed by atoms with Crippen molar-refractivity contribution in [3.63, 3.8) is 0 Å². The fraction of sp³-hybridized carbons (Fsp3) is 0.400. The molecule has 1 heterocycles. The smallest absolute Gasteiger partial charge is 0.433 e. The second-order valence-electron chi connectivity index (χ2n) is 3.28. The van der Waals surface area contributed by atoms with Crippen LogP contribution in [0.2, 0.25) is 0 Å². The number of hydrogen-bond donors (Lipinski definition) is 1. The number of aromatic carboxylic acids is 1. The molecule has 0 spiro atoms. The third-order valence-electron chi connectivity index (χ3n) is 2.23. The van der Waals surface area contributed by atoms with Crippen molar-refractivity contribution >= 4 is 5.97 Å². The number of aromatic nitrogens is 1. The molecule has 6 heteroatoms. The number of hydrogen-bond acceptors (Lipinski definition) is 2. The zero-order valence-electron chi connectivity index (χ0n) is 8.72. The molecular weight excluding hydrogens is 223 g/mol. The summed E-state index contributed by atoms with van der Waals surface area (Å²) in [4.78, 5) is 14.2. The second kappa shape index (κ2) is 4.11. The Kier molecular flexibility index (Phi) is 3.21. The first-order valence-corrected chi connectivity index (χ1v) is 4.58. The van der Waals surface area contributed by atoms with Gasteiger partial charge in [-0.15, -0.1) is 0 Å². The third kappa shape index (κ3) is 2.32. The van der Waals surface area contributed by atoms with Crippen LogP contribution in [-0.2, 0) is 12.6 Å². The number of alkyl halides is 3. The van der Waals surface area contributed by atoms with E-state index in [4.69, 9.17) is 5.11 Å². The van der Waals surface area contributed by atoms with Gasteiger partial charge in [-0.1, -0.05) is 6.92 Å². The first-order chi connectivity index (χ1) is 7.27. The molecule has 0 fully saturated rings. The average Bonchev–Trinajstić information content (AvgIpc) is 2.15. The lowest BCUT2D eigenvalue weighted by Gasteiger charge is -2.11. The van der Waals surface area contributed by atoms with Crippen LogP contribution in [0.5, 0.6) is 0 Å². The van der Waals surface area contributed by atoms with Gasteiger partial charge in [0.15, 0.2) is 0 Å². The summed E-state index contributed by atoms with van der Waals surface area (Å²) in [7, 11) is 0. The van der Waals surface area contributed by atoms with Gasteiger partial charge in [0.05, 0.1) is 5.56 Å². The highest BCUT2D eigenvalue weighted by Gasteiger charge is 2.34. The Labute approximate surface area is 89.9 Å². The first kappa shape index (κ1) is 12.5. The summed E-state index contributed by atoms with van der Waals surface area (Å²) in [5.74, 6) is -1.37. The predicted molar refractivity (Wildman–Crippen MR) is 50.3 cm³/mol. The van der Waals surface area contributed by atoms with Gasteiger partial charge in [0, 0.05) is 5.69 Å². The lowest BCUT2D eigenvalue weighted by molar-refractivity contribution is -0.141. The summed E-state index contributed by atoms with van der Waals surface area (Å²) >= 11 is 0. The van der Waals surface area contributed by atoms with Gasteiger partial charge < -0.3 is 5.11 Å². The maximum absolute atomic E-state index is 12.4. The Bertz CT molecular complexity index is 427. The normalized spacial score (nSPS) is 11.6. The summed E-state index contributed by atoms with van der Waals surface area (Å²) in [5, 5.41) is 8.78. The summed E-state index contributed by atoms with van der Waals surface area (Å²) in [6.45, 7) is 3.08. The zero-order chi connectivity index (χ0) is 12.5. The van der Waals surface area contributed by atoms with Crippen molar-refractivity contribution in [3.8, 4) is 0 Å². The summed E-state index contributed by atoms with van der Waals surface area (Å²) in [6.07, 6.45) is -4.36. The molecule has 1 N–H and O–H groups in total. The van der Waals surface area contributed by atoms with Crippen LogP contribution < -0.4 is 0 Å². The molecule has 1 aromatic rings. The Morgan fingerprint density at radius 1 is 1.50 bits per heavy atom. The van der Waals surface area contributed by atoms with Crippen LogP contribution in [0.4, 0.5) is 13.2 Å². The highest BCUT2D eigenvalue weighted by Crippen LogP contribution is 2.29. The number of halogens is 3. The molecule has 0 aliphatic rings. The minimum absolute atomic E-state index is 0.159. The highest BCUT2D eigenvalue weighted by molar-refractivity contribution is 5.89.